The highest BCUT2D eigenvalue weighted by molar-refractivity contribution is 5.99. The fraction of sp³-hybridized carbons (Fsp3) is 0.600. The Morgan fingerprint density at radius 2 is 2.30 bits per heavy atom. The minimum Gasteiger partial charge on any atom is -0.435 e. The van der Waals surface area contributed by atoms with E-state index in [9.17, 15) is 9.59 Å². The van der Waals surface area contributed by atoms with Crippen molar-refractivity contribution in [1.82, 2.24) is 5.01 Å². The van der Waals surface area contributed by atoms with E-state index in [2.05, 4.69) is 4.74 Å². The molecule has 1 fully saturated rings. The summed E-state index contributed by atoms with van der Waals surface area (Å²) in [4.78, 5) is 21.3. The summed E-state index contributed by atoms with van der Waals surface area (Å²) in [7, 11) is 0. The summed E-state index contributed by atoms with van der Waals surface area (Å²) in [5.74, 6) is 4.53. The maximum atomic E-state index is 10.8. The number of amides is 2. The van der Waals surface area contributed by atoms with Crippen LogP contribution in [-0.2, 0) is 9.53 Å². The Balaban J connectivity index is 2.71. The smallest absolute Gasteiger partial charge is 0.432 e. The molecule has 1 saturated heterocycles. The standard InChI is InChI=1S/C5H8N2O3/c1-2-3-4(8)7(6)5(9)10-3/h3H,2,6H2,1H3. The number of carbonyl (C=O) groups excluding carboxylic acids is 2. The van der Waals surface area contributed by atoms with E-state index in [4.69, 9.17) is 5.84 Å². The molecule has 1 atom stereocenters. The first kappa shape index (κ1) is 7.01. The highest BCUT2D eigenvalue weighted by atomic mass is 16.6. The predicted molar refractivity (Wildman–Crippen MR) is 31.6 cm³/mol. The van der Waals surface area contributed by atoms with E-state index in [0.717, 1.165) is 0 Å². The number of hydrogen-bond acceptors (Lipinski definition) is 4. The van der Waals surface area contributed by atoms with Crippen molar-refractivity contribution in [3.8, 4) is 0 Å². The van der Waals surface area contributed by atoms with Crippen LogP contribution in [0.1, 0.15) is 13.3 Å². The first-order chi connectivity index (χ1) is 4.66. The van der Waals surface area contributed by atoms with Crippen LogP contribution >= 0.6 is 0 Å². The number of hydrazine groups is 1. The number of cyclic esters (lactones) is 1. The summed E-state index contributed by atoms with van der Waals surface area (Å²) < 4.78 is 4.55. The van der Waals surface area contributed by atoms with Gasteiger partial charge in [0, 0.05) is 0 Å². The van der Waals surface area contributed by atoms with Crippen molar-refractivity contribution in [3.63, 3.8) is 0 Å². The molecule has 2 N–H and O–H groups in total. The van der Waals surface area contributed by atoms with Crippen LogP contribution in [0, 0.1) is 0 Å². The molecular formula is C5H8N2O3. The van der Waals surface area contributed by atoms with Crippen LogP contribution in [0.5, 0.6) is 0 Å². The molecule has 0 saturated carbocycles. The van der Waals surface area contributed by atoms with Gasteiger partial charge in [-0.2, -0.15) is 5.01 Å². The van der Waals surface area contributed by atoms with E-state index in [1.807, 2.05) is 0 Å². The highest BCUT2D eigenvalue weighted by Crippen LogP contribution is 2.11. The van der Waals surface area contributed by atoms with E-state index in [-0.39, 0.29) is 0 Å². The second-order valence-electron chi connectivity index (χ2n) is 1.99. The molecule has 1 unspecified atom stereocenters. The molecule has 1 heterocycles. The summed E-state index contributed by atoms with van der Waals surface area (Å²) in [6.45, 7) is 1.75. The molecule has 56 valence electrons. The highest BCUT2D eigenvalue weighted by Gasteiger charge is 2.37. The second kappa shape index (κ2) is 2.26. The van der Waals surface area contributed by atoms with Gasteiger partial charge in [-0.3, -0.25) is 4.79 Å². The number of nitrogens with zero attached hydrogens (tertiary/aromatic N) is 1. The third-order valence-electron chi connectivity index (χ3n) is 1.32. The Bertz CT molecular complexity index is 180. The minimum atomic E-state index is -0.767. The van der Waals surface area contributed by atoms with Crippen molar-refractivity contribution < 1.29 is 14.3 Å². The van der Waals surface area contributed by atoms with Crippen LogP contribution < -0.4 is 5.84 Å². The van der Waals surface area contributed by atoms with Gasteiger partial charge in [0.1, 0.15) is 0 Å². The molecule has 0 aliphatic carbocycles. The van der Waals surface area contributed by atoms with E-state index in [0.29, 0.717) is 11.4 Å². The molecule has 10 heavy (non-hydrogen) atoms. The SMILES string of the molecule is CCC1OC(=O)N(N)C1=O. The Morgan fingerprint density at radius 3 is 2.50 bits per heavy atom. The molecule has 1 rings (SSSR count). The van der Waals surface area contributed by atoms with Gasteiger partial charge in [0.2, 0.25) is 0 Å². The summed E-state index contributed by atoms with van der Waals surface area (Å²) in [6.07, 6.45) is -0.965. The Hall–Kier alpha value is -1.10. The Morgan fingerprint density at radius 1 is 1.70 bits per heavy atom. The van der Waals surface area contributed by atoms with E-state index in [1.165, 1.54) is 0 Å². The Kier molecular flexibility index (Phi) is 1.58. The average Bonchev–Trinajstić information content (AvgIpc) is 2.17. The number of ether oxygens (including phenoxy) is 1. The van der Waals surface area contributed by atoms with Crippen LogP contribution in [0.25, 0.3) is 0 Å². The van der Waals surface area contributed by atoms with Crippen molar-refractivity contribution in [2.45, 2.75) is 19.4 Å². The largest absolute Gasteiger partial charge is 0.435 e. The molecule has 2 amide bonds. The lowest BCUT2D eigenvalue weighted by Crippen LogP contribution is -2.37. The van der Waals surface area contributed by atoms with Gasteiger partial charge >= 0.3 is 6.09 Å². The van der Waals surface area contributed by atoms with E-state index < -0.39 is 18.1 Å². The summed E-state index contributed by atoms with van der Waals surface area (Å²) in [5, 5.41) is 0.494. The van der Waals surface area contributed by atoms with Gasteiger partial charge in [-0.15, -0.1) is 0 Å². The van der Waals surface area contributed by atoms with Gasteiger partial charge in [-0.1, -0.05) is 6.92 Å². The molecule has 1 aliphatic rings. The third kappa shape index (κ3) is 0.841. The summed E-state index contributed by atoms with van der Waals surface area (Å²) >= 11 is 0. The van der Waals surface area contributed by atoms with E-state index in [1.54, 1.807) is 6.92 Å². The molecule has 0 radical (unpaired) electrons. The lowest BCUT2D eigenvalue weighted by Gasteiger charge is -1.99. The monoisotopic (exact) mass is 144 g/mol. The number of nitrogens with two attached hydrogens (primary N) is 1. The third-order valence-corrected chi connectivity index (χ3v) is 1.32. The van der Waals surface area contributed by atoms with Gasteiger partial charge in [0.15, 0.2) is 6.10 Å². The zero-order chi connectivity index (χ0) is 7.72. The lowest BCUT2D eigenvalue weighted by molar-refractivity contribution is -0.129. The molecular weight excluding hydrogens is 136 g/mol. The fourth-order valence-electron chi connectivity index (χ4n) is 0.732. The maximum absolute atomic E-state index is 10.8. The topological polar surface area (TPSA) is 72.6 Å². The van der Waals surface area contributed by atoms with Crippen LogP contribution in [0.15, 0.2) is 0 Å². The molecule has 0 spiro atoms. The molecule has 0 aromatic rings. The summed E-state index contributed by atoms with van der Waals surface area (Å²) in [6, 6.07) is 0. The average molecular weight is 144 g/mol. The van der Waals surface area contributed by atoms with Crippen LogP contribution in [0.2, 0.25) is 0 Å². The van der Waals surface area contributed by atoms with Gasteiger partial charge in [0.25, 0.3) is 5.91 Å². The van der Waals surface area contributed by atoms with Gasteiger partial charge < -0.3 is 4.74 Å². The van der Waals surface area contributed by atoms with Gasteiger partial charge in [0.05, 0.1) is 0 Å². The molecule has 1 aliphatic heterocycles. The normalized spacial score (nSPS) is 25.4. The second-order valence-corrected chi connectivity index (χ2v) is 1.99. The first-order valence-electron chi connectivity index (χ1n) is 2.96. The quantitative estimate of drug-likeness (QED) is 0.402. The van der Waals surface area contributed by atoms with E-state index >= 15 is 0 Å². The maximum Gasteiger partial charge on any atom is 0.432 e. The fourth-order valence-corrected chi connectivity index (χ4v) is 0.732. The van der Waals surface area contributed by atoms with Crippen molar-refractivity contribution in [2.24, 2.45) is 5.84 Å². The van der Waals surface area contributed by atoms with Gasteiger partial charge in [-0.05, 0) is 6.42 Å². The predicted octanol–water partition coefficient (Wildman–Crippen LogP) is -0.383. The van der Waals surface area contributed by atoms with Crippen LogP contribution in [0.3, 0.4) is 0 Å². The molecule has 5 nitrogen and oxygen atoms in total. The number of carbonyl (C=O) groups is 2. The number of imide groups is 1. The van der Waals surface area contributed by atoms with Crippen LogP contribution in [0.4, 0.5) is 4.79 Å². The zero-order valence-corrected chi connectivity index (χ0v) is 5.53. The number of rotatable bonds is 1. The van der Waals surface area contributed by atoms with Crippen molar-refractivity contribution >= 4 is 12.0 Å². The molecule has 0 bridgehead atoms. The van der Waals surface area contributed by atoms with Crippen molar-refractivity contribution in [1.29, 1.82) is 0 Å². The zero-order valence-electron chi connectivity index (χ0n) is 5.53. The van der Waals surface area contributed by atoms with Gasteiger partial charge in [-0.25, -0.2) is 10.6 Å². The Labute approximate surface area is 57.7 Å². The van der Waals surface area contributed by atoms with Crippen LogP contribution in [-0.4, -0.2) is 23.1 Å². The number of hydrogen-bond donors (Lipinski definition) is 1. The molecule has 5 heteroatoms. The van der Waals surface area contributed by atoms with Crippen molar-refractivity contribution in [3.05, 3.63) is 0 Å². The minimum absolute atomic E-state index is 0.465. The lowest BCUT2D eigenvalue weighted by atomic mass is 10.3. The molecule has 0 aromatic heterocycles. The summed E-state index contributed by atoms with van der Waals surface area (Å²) in [5.41, 5.74) is 0. The molecule has 0 aromatic carbocycles. The van der Waals surface area contributed by atoms with Crippen molar-refractivity contribution in [2.75, 3.05) is 0 Å². The first-order valence-corrected chi connectivity index (χ1v) is 2.96.